The first-order valence-electron chi connectivity index (χ1n) is 7.25. The normalized spacial score (nSPS) is 33.6. The van der Waals surface area contributed by atoms with Gasteiger partial charge in [0.1, 0.15) is 0 Å². The highest BCUT2D eigenvalue weighted by atomic mass is 32.2. The van der Waals surface area contributed by atoms with Gasteiger partial charge in [-0.3, -0.25) is 4.79 Å². The molecule has 2 fully saturated rings. The van der Waals surface area contributed by atoms with Crippen LogP contribution in [-0.2, 0) is 4.79 Å². The summed E-state index contributed by atoms with van der Waals surface area (Å²) in [6, 6.07) is 0.552. The fraction of sp³-hybridized carbons (Fsp3) is 0.929. The first kappa shape index (κ1) is 14.2. The number of hydrogen-bond donors (Lipinski definition) is 2. The highest BCUT2D eigenvalue weighted by Gasteiger charge is 2.46. The standard InChI is InChI=1S/C14H26N2OS/c1-3-10(2)9-18-12-6-7-14(8-12,13(15)17)16-11-4-5-11/h10-12,16H,3-9H2,1-2H3,(H2,15,17). The van der Waals surface area contributed by atoms with Crippen LogP contribution in [0.5, 0.6) is 0 Å². The van der Waals surface area contributed by atoms with E-state index in [2.05, 4.69) is 19.2 Å². The summed E-state index contributed by atoms with van der Waals surface area (Å²) in [5, 5.41) is 4.12. The molecule has 2 saturated carbocycles. The molecule has 0 aliphatic heterocycles. The Morgan fingerprint density at radius 3 is 2.78 bits per heavy atom. The minimum Gasteiger partial charge on any atom is -0.368 e. The zero-order chi connectivity index (χ0) is 13.2. The van der Waals surface area contributed by atoms with Crippen LogP contribution >= 0.6 is 11.8 Å². The molecule has 2 rings (SSSR count). The Balaban J connectivity index is 1.85. The van der Waals surface area contributed by atoms with E-state index < -0.39 is 5.54 Å². The lowest BCUT2D eigenvalue weighted by Gasteiger charge is -2.27. The molecule has 2 aliphatic rings. The maximum absolute atomic E-state index is 11.8. The van der Waals surface area contributed by atoms with Crippen molar-refractivity contribution < 1.29 is 4.79 Å². The fourth-order valence-electron chi connectivity index (χ4n) is 2.61. The average molecular weight is 270 g/mol. The van der Waals surface area contributed by atoms with Gasteiger partial charge in [-0.15, -0.1) is 0 Å². The van der Waals surface area contributed by atoms with E-state index in [1.54, 1.807) is 0 Å². The summed E-state index contributed by atoms with van der Waals surface area (Å²) in [7, 11) is 0. The van der Waals surface area contributed by atoms with E-state index in [-0.39, 0.29) is 5.91 Å². The van der Waals surface area contributed by atoms with E-state index in [1.807, 2.05) is 11.8 Å². The number of thioether (sulfide) groups is 1. The molecule has 3 N–H and O–H groups in total. The molecule has 0 spiro atoms. The lowest BCUT2D eigenvalue weighted by atomic mass is 9.96. The van der Waals surface area contributed by atoms with Gasteiger partial charge in [0.25, 0.3) is 0 Å². The molecule has 2 aliphatic carbocycles. The van der Waals surface area contributed by atoms with Crippen molar-refractivity contribution in [1.82, 2.24) is 5.32 Å². The van der Waals surface area contributed by atoms with Crippen molar-refractivity contribution in [3.05, 3.63) is 0 Å². The summed E-state index contributed by atoms with van der Waals surface area (Å²) in [6.07, 6.45) is 6.64. The van der Waals surface area contributed by atoms with Crippen LogP contribution in [0.15, 0.2) is 0 Å². The van der Waals surface area contributed by atoms with Crippen LogP contribution < -0.4 is 11.1 Å². The number of nitrogens with two attached hydrogens (primary N) is 1. The minimum atomic E-state index is -0.395. The second-order valence-electron chi connectivity index (χ2n) is 6.08. The second kappa shape index (κ2) is 5.83. The maximum atomic E-state index is 11.8. The number of rotatable bonds is 7. The van der Waals surface area contributed by atoms with Gasteiger partial charge in [0.2, 0.25) is 5.91 Å². The highest BCUT2D eigenvalue weighted by Crippen LogP contribution is 2.39. The fourth-order valence-corrected chi connectivity index (χ4v) is 4.13. The van der Waals surface area contributed by atoms with Gasteiger partial charge in [0.05, 0.1) is 5.54 Å². The predicted octanol–water partition coefficient (Wildman–Crippen LogP) is 2.29. The number of primary amides is 1. The third-order valence-electron chi connectivity index (χ3n) is 4.31. The Morgan fingerprint density at radius 2 is 2.22 bits per heavy atom. The molecule has 0 aromatic carbocycles. The lowest BCUT2D eigenvalue weighted by molar-refractivity contribution is -0.124. The zero-order valence-corrected chi connectivity index (χ0v) is 12.4. The molecule has 3 unspecified atom stereocenters. The summed E-state index contributed by atoms with van der Waals surface area (Å²) in [5.74, 6) is 1.84. The number of amides is 1. The Hall–Kier alpha value is -0.220. The molecule has 4 heteroatoms. The summed E-state index contributed by atoms with van der Waals surface area (Å²) < 4.78 is 0. The number of nitrogens with one attached hydrogen (secondary N) is 1. The molecule has 104 valence electrons. The molecule has 0 radical (unpaired) electrons. The lowest BCUT2D eigenvalue weighted by Crippen LogP contribution is -2.54. The Morgan fingerprint density at radius 1 is 1.50 bits per heavy atom. The van der Waals surface area contributed by atoms with Gasteiger partial charge in [0, 0.05) is 11.3 Å². The van der Waals surface area contributed by atoms with E-state index in [9.17, 15) is 4.79 Å². The summed E-state index contributed by atoms with van der Waals surface area (Å²) in [4.78, 5) is 11.8. The van der Waals surface area contributed by atoms with Crippen LogP contribution in [0.1, 0.15) is 52.4 Å². The molecule has 0 heterocycles. The molecule has 1 amide bonds. The van der Waals surface area contributed by atoms with Crippen molar-refractivity contribution in [2.45, 2.75) is 69.2 Å². The molecular formula is C14H26N2OS. The SMILES string of the molecule is CCC(C)CSC1CCC(NC2CC2)(C(N)=O)C1. The molecular weight excluding hydrogens is 244 g/mol. The minimum absolute atomic E-state index is 0.138. The second-order valence-corrected chi connectivity index (χ2v) is 7.41. The van der Waals surface area contributed by atoms with Gasteiger partial charge in [0.15, 0.2) is 0 Å². The van der Waals surface area contributed by atoms with Crippen molar-refractivity contribution in [3.8, 4) is 0 Å². The van der Waals surface area contributed by atoms with Gasteiger partial charge < -0.3 is 11.1 Å². The van der Waals surface area contributed by atoms with Crippen LogP contribution in [0.4, 0.5) is 0 Å². The van der Waals surface area contributed by atoms with Gasteiger partial charge >= 0.3 is 0 Å². The van der Waals surface area contributed by atoms with Crippen LogP contribution in [-0.4, -0.2) is 28.5 Å². The van der Waals surface area contributed by atoms with E-state index in [4.69, 9.17) is 5.73 Å². The van der Waals surface area contributed by atoms with Crippen molar-refractivity contribution in [2.75, 3.05) is 5.75 Å². The monoisotopic (exact) mass is 270 g/mol. The Kier molecular flexibility index (Phi) is 4.59. The van der Waals surface area contributed by atoms with E-state index >= 15 is 0 Å². The summed E-state index contributed by atoms with van der Waals surface area (Å²) in [5.41, 5.74) is 5.25. The molecule has 18 heavy (non-hydrogen) atoms. The van der Waals surface area contributed by atoms with Crippen molar-refractivity contribution in [3.63, 3.8) is 0 Å². The molecule has 0 aromatic rings. The number of carbonyl (C=O) groups is 1. The first-order valence-corrected chi connectivity index (χ1v) is 8.30. The first-order chi connectivity index (χ1) is 8.55. The van der Waals surface area contributed by atoms with Gasteiger partial charge in [-0.05, 0) is 43.8 Å². The van der Waals surface area contributed by atoms with E-state index in [1.165, 1.54) is 25.0 Å². The average Bonchev–Trinajstić information content (AvgIpc) is 3.05. The maximum Gasteiger partial charge on any atom is 0.237 e. The van der Waals surface area contributed by atoms with Gasteiger partial charge in [-0.25, -0.2) is 0 Å². The molecule has 0 saturated heterocycles. The van der Waals surface area contributed by atoms with Crippen LogP contribution in [0.25, 0.3) is 0 Å². The van der Waals surface area contributed by atoms with E-state index in [0.29, 0.717) is 11.3 Å². The van der Waals surface area contributed by atoms with Crippen molar-refractivity contribution in [1.29, 1.82) is 0 Å². The molecule has 0 aromatic heterocycles. The van der Waals surface area contributed by atoms with Crippen molar-refractivity contribution in [2.24, 2.45) is 11.7 Å². The quantitative estimate of drug-likeness (QED) is 0.746. The van der Waals surface area contributed by atoms with Crippen LogP contribution in [0.3, 0.4) is 0 Å². The topological polar surface area (TPSA) is 55.1 Å². The van der Waals surface area contributed by atoms with Crippen molar-refractivity contribution >= 4 is 17.7 Å². The number of carbonyl (C=O) groups excluding carboxylic acids is 1. The molecule has 3 atom stereocenters. The van der Waals surface area contributed by atoms with Gasteiger partial charge in [-0.1, -0.05) is 20.3 Å². The Bertz CT molecular complexity index is 306. The largest absolute Gasteiger partial charge is 0.368 e. The third kappa shape index (κ3) is 3.41. The van der Waals surface area contributed by atoms with Crippen LogP contribution in [0.2, 0.25) is 0 Å². The highest BCUT2D eigenvalue weighted by molar-refractivity contribution is 7.99. The molecule has 3 nitrogen and oxygen atoms in total. The smallest absolute Gasteiger partial charge is 0.237 e. The van der Waals surface area contributed by atoms with Gasteiger partial charge in [-0.2, -0.15) is 11.8 Å². The third-order valence-corrected chi connectivity index (χ3v) is 5.95. The number of hydrogen-bond acceptors (Lipinski definition) is 3. The zero-order valence-electron chi connectivity index (χ0n) is 11.6. The Labute approximate surface area is 115 Å². The molecule has 0 bridgehead atoms. The predicted molar refractivity (Wildman–Crippen MR) is 77.6 cm³/mol. The van der Waals surface area contributed by atoms with E-state index in [0.717, 1.165) is 25.2 Å². The van der Waals surface area contributed by atoms with Crippen LogP contribution in [0, 0.1) is 5.92 Å². The summed E-state index contributed by atoms with van der Waals surface area (Å²) >= 11 is 2.04. The summed E-state index contributed by atoms with van der Waals surface area (Å²) in [6.45, 7) is 4.54.